The van der Waals surface area contributed by atoms with Gasteiger partial charge in [-0.3, -0.25) is 0 Å². The van der Waals surface area contributed by atoms with Crippen LogP contribution < -0.4 is 20.0 Å². The van der Waals surface area contributed by atoms with E-state index in [4.69, 9.17) is 9.47 Å². The van der Waals surface area contributed by atoms with Crippen molar-refractivity contribution < 1.29 is 19.7 Å². The normalized spacial score (nSPS) is 18.7. The topological polar surface area (TPSA) is 62.2 Å². The summed E-state index contributed by atoms with van der Waals surface area (Å²) in [4.78, 5) is 0.990. The number of phenols is 1. The van der Waals surface area contributed by atoms with Crippen LogP contribution in [-0.4, -0.2) is 52.3 Å². The van der Waals surface area contributed by atoms with E-state index >= 15 is 0 Å². The fourth-order valence-electron chi connectivity index (χ4n) is 4.69. The Labute approximate surface area is 197 Å². The van der Waals surface area contributed by atoms with Crippen molar-refractivity contribution in [3.05, 3.63) is 34.9 Å². The molecule has 2 aliphatic rings. The van der Waals surface area contributed by atoms with Gasteiger partial charge >= 0.3 is 0 Å². The Morgan fingerprint density at radius 1 is 1.22 bits per heavy atom. The van der Waals surface area contributed by atoms with Crippen LogP contribution in [0.25, 0.3) is 0 Å². The number of rotatable bonds is 7. The summed E-state index contributed by atoms with van der Waals surface area (Å²) in [7, 11) is 3.95. The maximum Gasteiger partial charge on any atom is 0.165 e. The number of aromatic hydroxyl groups is 1. The highest BCUT2D eigenvalue weighted by molar-refractivity contribution is 8.01. The van der Waals surface area contributed by atoms with E-state index in [1.165, 1.54) is 16.8 Å². The molecule has 0 spiro atoms. The lowest BCUT2D eigenvalue weighted by molar-refractivity contribution is 0.0490. The molecule has 32 heavy (non-hydrogen) atoms. The molecule has 0 amide bonds. The van der Waals surface area contributed by atoms with Gasteiger partial charge in [-0.15, -0.1) is 0 Å². The van der Waals surface area contributed by atoms with Gasteiger partial charge in [-0.2, -0.15) is 0 Å². The number of benzene rings is 2. The van der Waals surface area contributed by atoms with E-state index in [1.54, 1.807) is 11.9 Å². The number of ether oxygens (including phenoxy) is 2. The Kier molecular flexibility index (Phi) is 7.33. The van der Waals surface area contributed by atoms with Crippen LogP contribution in [0.15, 0.2) is 23.1 Å². The standard InChI is InChI=1S/C24H33B2NO4S/c1-3-15-4-5-19-17(10-15)14(2)11-27(19)32-24-20(25)18(12-28)23(22(29)21(24)26)31-13-16-6-8-30-9-7-16/h4-5,10,14,16,28-29H,3,6-9,11-13,25-26H2,1-2H3. The molecule has 1 unspecified atom stereocenters. The maximum absolute atomic E-state index is 11.0. The molecule has 0 saturated carbocycles. The molecule has 8 heteroatoms. The van der Waals surface area contributed by atoms with Crippen molar-refractivity contribution in [3.8, 4) is 11.5 Å². The van der Waals surface area contributed by atoms with Gasteiger partial charge in [-0.25, -0.2) is 0 Å². The molecule has 0 aliphatic carbocycles. The first-order valence-corrected chi connectivity index (χ1v) is 12.5. The van der Waals surface area contributed by atoms with Crippen LogP contribution in [0.2, 0.25) is 0 Å². The van der Waals surface area contributed by atoms with Gasteiger partial charge < -0.3 is 24.0 Å². The molecule has 2 N–H and O–H groups in total. The smallest absolute Gasteiger partial charge is 0.165 e. The molecular formula is C24H33B2NO4S. The summed E-state index contributed by atoms with van der Waals surface area (Å²) >= 11 is 1.65. The quantitative estimate of drug-likeness (QED) is 0.489. The van der Waals surface area contributed by atoms with Crippen LogP contribution >= 0.6 is 11.9 Å². The number of hydrogen-bond donors (Lipinski definition) is 2. The number of nitrogens with zero attached hydrogens (tertiary/aromatic N) is 1. The minimum atomic E-state index is -0.163. The van der Waals surface area contributed by atoms with Gasteiger partial charge in [0.05, 0.1) is 18.9 Å². The summed E-state index contributed by atoms with van der Waals surface area (Å²) < 4.78 is 13.8. The van der Waals surface area contributed by atoms with E-state index in [9.17, 15) is 10.2 Å². The van der Waals surface area contributed by atoms with Crippen LogP contribution in [0.1, 0.15) is 49.3 Å². The third-order valence-corrected chi connectivity index (χ3v) is 8.24. The van der Waals surface area contributed by atoms with Crippen LogP contribution in [0, 0.1) is 5.92 Å². The molecule has 170 valence electrons. The van der Waals surface area contributed by atoms with E-state index in [0.717, 1.165) is 54.8 Å². The summed E-state index contributed by atoms with van der Waals surface area (Å²) in [5, 5.41) is 21.2. The van der Waals surface area contributed by atoms with Crippen LogP contribution in [0.3, 0.4) is 0 Å². The van der Waals surface area contributed by atoms with E-state index in [1.807, 2.05) is 15.7 Å². The minimum absolute atomic E-state index is 0.142. The zero-order valence-electron chi connectivity index (χ0n) is 19.6. The number of aliphatic hydroxyl groups is 1. The highest BCUT2D eigenvalue weighted by Crippen LogP contribution is 2.43. The van der Waals surface area contributed by atoms with Crippen LogP contribution in [0.4, 0.5) is 5.69 Å². The SMILES string of the molecule is Bc1c(O)c(OCC2CCOCC2)c(CO)c(B)c1SN1CC(C)c2cc(CC)ccc21. The summed E-state index contributed by atoms with van der Waals surface area (Å²) in [5.74, 6) is 1.45. The predicted octanol–water partition coefficient (Wildman–Crippen LogP) is 1.40. The number of aliphatic hydroxyl groups excluding tert-OH is 1. The largest absolute Gasteiger partial charge is 0.505 e. The number of hydrogen-bond acceptors (Lipinski definition) is 6. The summed E-state index contributed by atoms with van der Waals surface area (Å²) in [5.41, 5.74) is 6.44. The molecule has 1 saturated heterocycles. The molecule has 0 radical (unpaired) electrons. The number of anilines is 1. The lowest BCUT2D eigenvalue weighted by atomic mass is 9.82. The van der Waals surface area contributed by atoms with Crippen molar-refractivity contribution in [3.63, 3.8) is 0 Å². The van der Waals surface area contributed by atoms with Crippen molar-refractivity contribution in [2.45, 2.75) is 50.5 Å². The third-order valence-electron chi connectivity index (χ3n) is 6.88. The molecule has 4 rings (SSSR count). The first kappa shape index (κ1) is 23.4. The van der Waals surface area contributed by atoms with Crippen LogP contribution in [-0.2, 0) is 17.8 Å². The van der Waals surface area contributed by atoms with E-state index < -0.39 is 0 Å². The van der Waals surface area contributed by atoms with Crippen molar-refractivity contribution >= 4 is 44.3 Å². The Balaban J connectivity index is 1.61. The first-order chi connectivity index (χ1) is 15.4. The number of phenolic OH excluding ortho intramolecular Hbond substituents is 1. The second-order valence-electron chi connectivity index (χ2n) is 9.06. The minimum Gasteiger partial charge on any atom is -0.505 e. The highest BCUT2D eigenvalue weighted by atomic mass is 32.2. The first-order valence-electron chi connectivity index (χ1n) is 11.7. The molecule has 5 nitrogen and oxygen atoms in total. The maximum atomic E-state index is 11.0. The Morgan fingerprint density at radius 2 is 1.97 bits per heavy atom. The summed E-state index contributed by atoms with van der Waals surface area (Å²) in [6.07, 6.45) is 2.97. The average Bonchev–Trinajstić information content (AvgIpc) is 3.13. The fourth-order valence-corrected chi connectivity index (χ4v) is 5.97. The van der Waals surface area contributed by atoms with Gasteiger partial charge in [0.2, 0.25) is 0 Å². The molecule has 2 heterocycles. The molecule has 0 bridgehead atoms. The van der Waals surface area contributed by atoms with Gasteiger partial charge in [-0.1, -0.05) is 31.4 Å². The van der Waals surface area contributed by atoms with Gasteiger partial charge in [-0.05, 0) is 59.8 Å². The number of aryl methyl sites for hydroxylation is 1. The van der Waals surface area contributed by atoms with Crippen molar-refractivity contribution in [1.82, 2.24) is 0 Å². The second-order valence-corrected chi connectivity index (χ2v) is 10.1. The predicted molar refractivity (Wildman–Crippen MR) is 137 cm³/mol. The van der Waals surface area contributed by atoms with Gasteiger partial charge in [0, 0.05) is 36.1 Å². The Bertz CT molecular complexity index is 981. The molecule has 2 aromatic carbocycles. The number of fused-ring (bicyclic) bond motifs is 1. The summed E-state index contributed by atoms with van der Waals surface area (Å²) in [6, 6.07) is 6.74. The van der Waals surface area contributed by atoms with Crippen molar-refractivity contribution in [2.75, 3.05) is 30.7 Å². The monoisotopic (exact) mass is 453 g/mol. The second kappa shape index (κ2) is 10.0. The zero-order chi connectivity index (χ0) is 22.8. The lowest BCUT2D eigenvalue weighted by Crippen LogP contribution is -2.29. The van der Waals surface area contributed by atoms with Crippen molar-refractivity contribution in [1.29, 1.82) is 0 Å². The molecule has 1 atom stereocenters. The fraction of sp³-hybridized carbons (Fsp3) is 0.500. The molecule has 0 aromatic heterocycles. The molecule has 2 aromatic rings. The van der Waals surface area contributed by atoms with Gasteiger partial charge in [0.1, 0.15) is 15.7 Å². The van der Waals surface area contributed by atoms with E-state index in [2.05, 4.69) is 36.4 Å². The van der Waals surface area contributed by atoms with Crippen molar-refractivity contribution in [2.24, 2.45) is 5.92 Å². The molecular weight excluding hydrogens is 420 g/mol. The van der Waals surface area contributed by atoms with Gasteiger partial charge in [0.15, 0.2) is 11.5 Å². The third kappa shape index (κ3) is 4.50. The average molecular weight is 453 g/mol. The zero-order valence-corrected chi connectivity index (χ0v) is 20.4. The van der Waals surface area contributed by atoms with E-state index in [-0.39, 0.29) is 12.4 Å². The van der Waals surface area contributed by atoms with E-state index in [0.29, 0.717) is 29.8 Å². The lowest BCUT2D eigenvalue weighted by Gasteiger charge is -2.26. The molecule has 2 aliphatic heterocycles. The van der Waals surface area contributed by atoms with Crippen LogP contribution in [0.5, 0.6) is 11.5 Å². The Hall–Kier alpha value is -1.76. The summed E-state index contributed by atoms with van der Waals surface area (Å²) in [6.45, 7) is 7.26. The highest BCUT2D eigenvalue weighted by Gasteiger charge is 2.29. The van der Waals surface area contributed by atoms with Gasteiger partial charge in [0.25, 0.3) is 0 Å². The molecule has 1 fully saturated rings. The Morgan fingerprint density at radius 3 is 2.66 bits per heavy atom.